The molecule has 6 heteroatoms. The maximum Gasteiger partial charge on any atom is 0.243 e. The Morgan fingerprint density at radius 1 is 1.15 bits per heavy atom. The topological polar surface area (TPSA) is 66.0 Å². The number of benzene rings is 1. The maximum atomic E-state index is 11.9. The van der Waals surface area contributed by atoms with Crippen molar-refractivity contribution in [2.45, 2.75) is 44.6 Å². The summed E-state index contributed by atoms with van der Waals surface area (Å²) < 4.78 is 6.00. The number of amides is 1. The lowest BCUT2D eigenvalue weighted by Gasteiger charge is -2.23. The monoisotopic (exact) mass is 372 g/mol. The smallest absolute Gasteiger partial charge is 0.243 e. The molecular weight excluding hydrogens is 340 g/mol. The van der Waals surface area contributed by atoms with Gasteiger partial charge in [0.15, 0.2) is 5.96 Å². The summed E-state index contributed by atoms with van der Waals surface area (Å²) in [7, 11) is 3.51. The number of hydrogen-bond acceptors (Lipinski definition) is 3. The van der Waals surface area contributed by atoms with Crippen molar-refractivity contribution in [3.63, 3.8) is 0 Å². The Morgan fingerprint density at radius 2 is 1.89 bits per heavy atom. The van der Waals surface area contributed by atoms with Crippen molar-refractivity contribution in [1.82, 2.24) is 15.5 Å². The van der Waals surface area contributed by atoms with Crippen molar-refractivity contribution in [3.05, 3.63) is 29.8 Å². The van der Waals surface area contributed by atoms with Crippen LogP contribution in [-0.4, -0.2) is 56.6 Å². The minimum Gasteiger partial charge on any atom is -0.488 e. The van der Waals surface area contributed by atoms with Crippen LogP contribution in [-0.2, 0) is 11.2 Å². The van der Waals surface area contributed by atoms with Crippen molar-refractivity contribution >= 4 is 11.9 Å². The van der Waals surface area contributed by atoms with Gasteiger partial charge in [0.2, 0.25) is 5.91 Å². The number of nitrogens with zero attached hydrogens (tertiary/aromatic N) is 2. The van der Waals surface area contributed by atoms with Gasteiger partial charge in [-0.3, -0.25) is 4.79 Å². The minimum atomic E-state index is -0.00159. The van der Waals surface area contributed by atoms with E-state index in [9.17, 15) is 4.79 Å². The molecule has 27 heavy (non-hydrogen) atoms. The zero-order chi connectivity index (χ0) is 19.1. The minimum absolute atomic E-state index is 0.00159. The number of carbonyl (C=O) groups excluding carboxylic acids is 1. The van der Waals surface area contributed by atoms with E-state index in [0.29, 0.717) is 18.4 Å². The summed E-state index contributed by atoms with van der Waals surface area (Å²) in [5, 5.41) is 6.82. The van der Waals surface area contributed by atoms with Gasteiger partial charge in [0, 0.05) is 27.1 Å². The normalized spacial score (nSPS) is 19.9. The quantitative estimate of drug-likeness (QED) is 0.593. The molecule has 2 aliphatic rings. The lowest BCUT2D eigenvalue weighted by Crippen LogP contribution is -2.44. The maximum absolute atomic E-state index is 11.9. The Balaban J connectivity index is 1.52. The third-order valence-electron chi connectivity index (χ3n) is 5.37. The third kappa shape index (κ3) is 5.88. The molecule has 0 saturated heterocycles. The van der Waals surface area contributed by atoms with E-state index in [0.717, 1.165) is 18.7 Å². The van der Waals surface area contributed by atoms with E-state index in [1.54, 1.807) is 19.0 Å². The fourth-order valence-corrected chi connectivity index (χ4v) is 3.67. The van der Waals surface area contributed by atoms with E-state index in [1.807, 2.05) is 18.2 Å². The molecule has 1 aromatic rings. The number of para-hydroxylation sites is 1. The summed E-state index contributed by atoms with van der Waals surface area (Å²) in [5.74, 6) is 2.37. The second kappa shape index (κ2) is 9.62. The Bertz CT molecular complexity index is 628. The molecule has 1 aliphatic carbocycles. The number of hydrogen-bond donors (Lipinski definition) is 2. The molecule has 1 aliphatic heterocycles. The molecule has 1 aromatic carbocycles. The molecule has 0 aromatic heterocycles. The van der Waals surface area contributed by atoms with Gasteiger partial charge >= 0.3 is 0 Å². The van der Waals surface area contributed by atoms with E-state index < -0.39 is 0 Å². The summed E-state index contributed by atoms with van der Waals surface area (Å²) in [4.78, 5) is 18.0. The first kappa shape index (κ1) is 19.5. The molecule has 1 atom stereocenters. The highest BCUT2D eigenvalue weighted by atomic mass is 16.5. The van der Waals surface area contributed by atoms with E-state index >= 15 is 0 Å². The predicted octanol–water partition coefficient (Wildman–Crippen LogP) is 2.19. The number of guanidine groups is 1. The summed E-state index contributed by atoms with van der Waals surface area (Å²) in [6, 6.07) is 8.17. The Morgan fingerprint density at radius 3 is 2.63 bits per heavy atom. The standard InChI is InChI=1S/C21H32N4O2/c1-25(2)20(26)15-24-21(22-13-16-8-4-3-5-9-16)23-14-18-12-17-10-6-7-11-19(17)27-18/h6-7,10-11,16,18H,3-5,8-9,12-15H2,1-2H3,(H2,22,23,24). The van der Waals surface area contributed by atoms with Gasteiger partial charge in [0.25, 0.3) is 0 Å². The van der Waals surface area contributed by atoms with Crippen LogP contribution in [0.3, 0.4) is 0 Å². The number of likely N-dealkylation sites (N-methyl/N-ethyl adjacent to an activating group) is 1. The molecule has 0 radical (unpaired) electrons. The molecule has 1 fully saturated rings. The average molecular weight is 373 g/mol. The second-order valence-electron chi connectivity index (χ2n) is 7.77. The lowest BCUT2D eigenvalue weighted by molar-refractivity contribution is -0.127. The summed E-state index contributed by atoms with van der Waals surface area (Å²) in [5.41, 5.74) is 1.25. The van der Waals surface area contributed by atoms with Gasteiger partial charge in [0.1, 0.15) is 18.4 Å². The fraction of sp³-hybridized carbons (Fsp3) is 0.619. The van der Waals surface area contributed by atoms with Crippen molar-refractivity contribution in [2.75, 3.05) is 33.7 Å². The number of fused-ring (bicyclic) bond motifs is 1. The van der Waals surface area contributed by atoms with Crippen molar-refractivity contribution in [3.8, 4) is 5.75 Å². The van der Waals surface area contributed by atoms with Gasteiger partial charge in [-0.25, -0.2) is 4.99 Å². The average Bonchev–Trinajstić information content (AvgIpc) is 3.10. The van der Waals surface area contributed by atoms with E-state index in [2.05, 4.69) is 21.7 Å². The molecule has 1 amide bonds. The van der Waals surface area contributed by atoms with Gasteiger partial charge in [-0.1, -0.05) is 37.5 Å². The van der Waals surface area contributed by atoms with Crippen molar-refractivity contribution < 1.29 is 9.53 Å². The van der Waals surface area contributed by atoms with Gasteiger partial charge in [-0.05, 0) is 30.4 Å². The molecule has 2 N–H and O–H groups in total. The van der Waals surface area contributed by atoms with Crippen LogP contribution >= 0.6 is 0 Å². The third-order valence-corrected chi connectivity index (χ3v) is 5.37. The van der Waals surface area contributed by atoms with Gasteiger partial charge < -0.3 is 20.3 Å². The van der Waals surface area contributed by atoms with Gasteiger partial charge in [-0.2, -0.15) is 0 Å². The van der Waals surface area contributed by atoms with Gasteiger partial charge in [-0.15, -0.1) is 0 Å². The van der Waals surface area contributed by atoms with Crippen LogP contribution in [0.2, 0.25) is 0 Å². The largest absolute Gasteiger partial charge is 0.488 e. The molecule has 1 saturated carbocycles. The summed E-state index contributed by atoms with van der Waals surface area (Å²) in [6.07, 6.45) is 7.53. The van der Waals surface area contributed by atoms with E-state index in [1.165, 1.54) is 37.7 Å². The Kier molecular flexibility index (Phi) is 6.96. The van der Waals surface area contributed by atoms with Gasteiger partial charge in [0.05, 0.1) is 6.54 Å². The van der Waals surface area contributed by atoms with E-state index in [-0.39, 0.29) is 18.6 Å². The first-order valence-corrected chi connectivity index (χ1v) is 10.1. The molecule has 0 spiro atoms. The first-order chi connectivity index (χ1) is 13.1. The zero-order valence-corrected chi connectivity index (χ0v) is 16.5. The second-order valence-corrected chi connectivity index (χ2v) is 7.77. The summed E-state index contributed by atoms with van der Waals surface area (Å²) in [6.45, 7) is 1.73. The molecular formula is C21H32N4O2. The molecule has 6 nitrogen and oxygen atoms in total. The number of ether oxygens (including phenoxy) is 1. The predicted molar refractivity (Wildman–Crippen MR) is 108 cm³/mol. The van der Waals surface area contributed by atoms with Crippen LogP contribution in [0, 0.1) is 5.92 Å². The molecule has 3 rings (SSSR count). The van der Waals surface area contributed by atoms with Crippen LogP contribution in [0.15, 0.2) is 29.3 Å². The highest BCUT2D eigenvalue weighted by Crippen LogP contribution is 2.27. The highest BCUT2D eigenvalue weighted by Gasteiger charge is 2.22. The number of nitrogens with one attached hydrogen (secondary N) is 2. The molecule has 148 valence electrons. The molecule has 1 unspecified atom stereocenters. The Labute approximate surface area is 162 Å². The highest BCUT2D eigenvalue weighted by molar-refractivity contribution is 5.84. The zero-order valence-electron chi connectivity index (χ0n) is 16.5. The van der Waals surface area contributed by atoms with Crippen molar-refractivity contribution in [1.29, 1.82) is 0 Å². The van der Waals surface area contributed by atoms with Crippen molar-refractivity contribution in [2.24, 2.45) is 10.9 Å². The van der Waals surface area contributed by atoms with Crippen LogP contribution in [0.4, 0.5) is 0 Å². The molecule has 0 bridgehead atoms. The lowest BCUT2D eigenvalue weighted by atomic mass is 9.89. The Hall–Kier alpha value is -2.24. The fourth-order valence-electron chi connectivity index (χ4n) is 3.67. The number of rotatable bonds is 6. The SMILES string of the molecule is CN(C)C(=O)CN=C(NCC1CCCCC1)NCC1Cc2ccccc2O1. The number of aliphatic imine (C=N–C) groups is 1. The van der Waals surface area contributed by atoms with Crippen LogP contribution in [0.25, 0.3) is 0 Å². The van der Waals surface area contributed by atoms with Crippen LogP contribution in [0.1, 0.15) is 37.7 Å². The van der Waals surface area contributed by atoms with E-state index in [4.69, 9.17) is 4.74 Å². The van der Waals surface area contributed by atoms with Crippen LogP contribution in [0.5, 0.6) is 5.75 Å². The first-order valence-electron chi connectivity index (χ1n) is 10.1. The number of carbonyl (C=O) groups is 1. The summed E-state index contributed by atoms with van der Waals surface area (Å²) >= 11 is 0. The van der Waals surface area contributed by atoms with Crippen LogP contribution < -0.4 is 15.4 Å². The molecule has 1 heterocycles.